The zero-order valence-corrected chi connectivity index (χ0v) is 9.87. The lowest BCUT2D eigenvalue weighted by Crippen LogP contribution is -2.00. The second-order valence-corrected chi connectivity index (χ2v) is 3.52. The molecule has 0 unspecified atom stereocenters. The van der Waals surface area contributed by atoms with Crippen LogP contribution >= 0.6 is 0 Å². The van der Waals surface area contributed by atoms with Crippen molar-refractivity contribution >= 4 is 12.2 Å². The van der Waals surface area contributed by atoms with Crippen molar-refractivity contribution in [3.63, 3.8) is 0 Å². The number of ether oxygens (including phenoxy) is 2. The first-order valence-corrected chi connectivity index (χ1v) is 5.21. The van der Waals surface area contributed by atoms with Gasteiger partial charge >= 0.3 is 0 Å². The Morgan fingerprint density at radius 2 is 2.06 bits per heavy atom. The van der Waals surface area contributed by atoms with Crippen molar-refractivity contribution in [2.45, 2.75) is 6.92 Å². The highest BCUT2D eigenvalue weighted by atomic mass is 16.6. The third-order valence-electron chi connectivity index (χ3n) is 2.11. The maximum atomic E-state index is 10.4. The summed E-state index contributed by atoms with van der Waals surface area (Å²) >= 11 is 0. The maximum Gasteiger partial charge on any atom is 0.293 e. The van der Waals surface area contributed by atoms with Crippen LogP contribution in [0.15, 0.2) is 35.9 Å². The van der Waals surface area contributed by atoms with Crippen LogP contribution in [0.1, 0.15) is 6.92 Å². The molecule has 0 saturated heterocycles. The first-order chi connectivity index (χ1) is 8.63. The molecule has 0 N–H and O–H groups in total. The molecule has 6 heteroatoms. The van der Waals surface area contributed by atoms with Crippen LogP contribution in [0, 0.1) is 10.1 Å². The molecular weight excluding hydrogens is 238 g/mol. The van der Waals surface area contributed by atoms with Crippen LogP contribution in [0.5, 0.6) is 5.75 Å². The lowest BCUT2D eigenvalue weighted by atomic mass is 10.3. The highest BCUT2D eigenvalue weighted by Crippen LogP contribution is 2.17. The average Bonchev–Trinajstić information content (AvgIpc) is 2.37. The summed E-state index contributed by atoms with van der Waals surface area (Å²) < 4.78 is 9.91. The Kier molecular flexibility index (Phi) is 5.37. The summed E-state index contributed by atoms with van der Waals surface area (Å²) in [5.41, 5.74) is 0.921. The van der Waals surface area contributed by atoms with Crippen molar-refractivity contribution in [2.24, 2.45) is 0 Å². The number of rotatable bonds is 7. The van der Waals surface area contributed by atoms with Crippen LogP contribution in [0.3, 0.4) is 0 Å². The smallest absolute Gasteiger partial charge is 0.293 e. The van der Waals surface area contributed by atoms with Crippen LogP contribution in [0.4, 0.5) is 5.69 Å². The lowest BCUT2D eigenvalue weighted by molar-refractivity contribution is -0.384. The van der Waals surface area contributed by atoms with Gasteiger partial charge in [-0.3, -0.25) is 14.9 Å². The van der Waals surface area contributed by atoms with E-state index in [1.165, 1.54) is 24.3 Å². The molecule has 0 bridgehead atoms. The van der Waals surface area contributed by atoms with Crippen LogP contribution in [0.2, 0.25) is 0 Å². The molecule has 0 aliphatic carbocycles. The van der Waals surface area contributed by atoms with Gasteiger partial charge in [-0.1, -0.05) is 0 Å². The van der Waals surface area contributed by atoms with Crippen molar-refractivity contribution in [3.05, 3.63) is 46.0 Å². The normalized spacial score (nSPS) is 10.8. The Bertz CT molecular complexity index is 438. The summed E-state index contributed by atoms with van der Waals surface area (Å²) in [6, 6.07) is 5.83. The van der Waals surface area contributed by atoms with Crippen molar-refractivity contribution in [1.29, 1.82) is 0 Å². The monoisotopic (exact) mass is 251 g/mol. The van der Waals surface area contributed by atoms with E-state index in [0.717, 1.165) is 5.57 Å². The fourth-order valence-electron chi connectivity index (χ4n) is 1.15. The highest BCUT2D eigenvalue weighted by Gasteiger charge is 2.04. The molecule has 0 aliphatic heterocycles. The van der Waals surface area contributed by atoms with Gasteiger partial charge in [-0.25, -0.2) is 0 Å². The number of carbonyl (C=O) groups is 1. The predicted octanol–water partition coefficient (Wildman–Crippen LogP) is 2.09. The minimum absolute atomic E-state index is 0.0222. The number of benzene rings is 1. The maximum absolute atomic E-state index is 10.4. The highest BCUT2D eigenvalue weighted by molar-refractivity contribution is 5.37. The SMILES string of the molecule is C/C(=C\COC=O)COc1ccc([N+](=O)[O-])cc1. The molecule has 6 nitrogen and oxygen atoms in total. The topological polar surface area (TPSA) is 78.7 Å². The van der Waals surface area contributed by atoms with Crippen molar-refractivity contribution in [2.75, 3.05) is 13.2 Å². The minimum atomic E-state index is -0.467. The fourth-order valence-corrected chi connectivity index (χ4v) is 1.15. The van der Waals surface area contributed by atoms with E-state index in [4.69, 9.17) is 4.74 Å². The van der Waals surface area contributed by atoms with Gasteiger partial charge in [0.15, 0.2) is 0 Å². The number of nitro groups is 1. The van der Waals surface area contributed by atoms with Gasteiger partial charge in [0, 0.05) is 12.1 Å². The van der Waals surface area contributed by atoms with Gasteiger partial charge in [-0.15, -0.1) is 0 Å². The van der Waals surface area contributed by atoms with Gasteiger partial charge in [-0.2, -0.15) is 0 Å². The molecule has 0 aromatic heterocycles. The molecule has 1 aromatic carbocycles. The first-order valence-electron chi connectivity index (χ1n) is 5.21. The molecule has 0 heterocycles. The van der Waals surface area contributed by atoms with Crippen LogP contribution in [-0.2, 0) is 9.53 Å². The molecule has 0 radical (unpaired) electrons. The van der Waals surface area contributed by atoms with Gasteiger partial charge in [-0.05, 0) is 30.7 Å². The Balaban J connectivity index is 2.45. The van der Waals surface area contributed by atoms with Crippen LogP contribution in [-0.4, -0.2) is 24.6 Å². The zero-order chi connectivity index (χ0) is 13.4. The third kappa shape index (κ3) is 4.65. The number of non-ortho nitro benzene ring substituents is 1. The van der Waals surface area contributed by atoms with E-state index in [-0.39, 0.29) is 12.3 Å². The van der Waals surface area contributed by atoms with E-state index >= 15 is 0 Å². The summed E-state index contributed by atoms with van der Waals surface area (Å²) in [7, 11) is 0. The van der Waals surface area contributed by atoms with Crippen LogP contribution in [0.25, 0.3) is 0 Å². The van der Waals surface area contributed by atoms with E-state index in [1.54, 1.807) is 6.08 Å². The van der Waals surface area contributed by atoms with Crippen molar-refractivity contribution in [3.8, 4) is 5.75 Å². The van der Waals surface area contributed by atoms with Crippen LogP contribution < -0.4 is 4.74 Å². The first kappa shape index (κ1) is 13.7. The van der Waals surface area contributed by atoms with Crippen molar-refractivity contribution < 1.29 is 19.2 Å². The summed E-state index contributed by atoms with van der Waals surface area (Å²) in [5.74, 6) is 0.546. The number of nitrogens with zero attached hydrogens (tertiary/aromatic N) is 1. The largest absolute Gasteiger partial charge is 0.489 e. The lowest BCUT2D eigenvalue weighted by Gasteiger charge is -2.06. The molecule has 0 amide bonds. The number of hydrogen-bond donors (Lipinski definition) is 0. The third-order valence-corrected chi connectivity index (χ3v) is 2.11. The van der Waals surface area contributed by atoms with Gasteiger partial charge in [0.25, 0.3) is 12.2 Å². The average molecular weight is 251 g/mol. The van der Waals surface area contributed by atoms with E-state index in [0.29, 0.717) is 18.8 Å². The Labute approximate surface area is 104 Å². The summed E-state index contributed by atoms with van der Waals surface area (Å²) in [4.78, 5) is 19.9. The Morgan fingerprint density at radius 3 is 2.61 bits per heavy atom. The van der Waals surface area contributed by atoms with Gasteiger partial charge in [0.1, 0.15) is 19.0 Å². The number of carbonyl (C=O) groups excluding carboxylic acids is 1. The van der Waals surface area contributed by atoms with E-state index in [1.807, 2.05) is 6.92 Å². The molecule has 1 rings (SSSR count). The molecule has 0 spiro atoms. The Hall–Kier alpha value is -2.37. The predicted molar refractivity (Wildman–Crippen MR) is 64.4 cm³/mol. The molecule has 0 aliphatic rings. The second kappa shape index (κ2) is 7.05. The summed E-state index contributed by atoms with van der Waals surface area (Å²) in [6.07, 6.45) is 1.72. The second-order valence-electron chi connectivity index (χ2n) is 3.52. The van der Waals surface area contributed by atoms with E-state index in [2.05, 4.69) is 4.74 Å². The van der Waals surface area contributed by atoms with Gasteiger partial charge in [0.05, 0.1) is 4.92 Å². The fraction of sp³-hybridized carbons (Fsp3) is 0.250. The summed E-state index contributed by atoms with van der Waals surface area (Å²) in [5, 5.41) is 10.4. The van der Waals surface area contributed by atoms with E-state index < -0.39 is 4.92 Å². The minimum Gasteiger partial charge on any atom is -0.489 e. The number of nitro benzene ring substituents is 1. The van der Waals surface area contributed by atoms with Crippen molar-refractivity contribution in [1.82, 2.24) is 0 Å². The standard InChI is InChI=1S/C12H13NO5/c1-10(6-7-17-9-14)8-18-12-4-2-11(3-5-12)13(15)16/h2-6,9H,7-8H2,1H3/b10-6+. The Morgan fingerprint density at radius 1 is 1.39 bits per heavy atom. The molecule has 0 fully saturated rings. The molecular formula is C12H13NO5. The molecule has 18 heavy (non-hydrogen) atoms. The van der Waals surface area contributed by atoms with Gasteiger partial charge in [0.2, 0.25) is 0 Å². The quantitative estimate of drug-likeness (QED) is 0.244. The summed E-state index contributed by atoms with van der Waals surface area (Å²) in [6.45, 7) is 2.75. The van der Waals surface area contributed by atoms with Gasteiger partial charge < -0.3 is 9.47 Å². The zero-order valence-electron chi connectivity index (χ0n) is 9.87. The molecule has 96 valence electrons. The molecule has 0 saturated carbocycles. The molecule has 0 atom stereocenters. The van der Waals surface area contributed by atoms with E-state index in [9.17, 15) is 14.9 Å². The molecule has 1 aromatic rings. The number of hydrogen-bond acceptors (Lipinski definition) is 5.